The summed E-state index contributed by atoms with van der Waals surface area (Å²) in [6.45, 7) is 0.169. The number of benzene rings is 2. The number of hydrogen-bond donors (Lipinski definition) is 1. The summed E-state index contributed by atoms with van der Waals surface area (Å²) >= 11 is 0. The van der Waals surface area contributed by atoms with E-state index >= 15 is 0 Å². The Hall–Kier alpha value is -2.70. The number of carbonyl (C=O) groups excluding carboxylic acids is 1. The summed E-state index contributed by atoms with van der Waals surface area (Å²) in [6, 6.07) is 9.75. The number of rotatable bonds is 5. The lowest BCUT2D eigenvalue weighted by molar-refractivity contribution is -0.137. The van der Waals surface area contributed by atoms with Gasteiger partial charge in [0.25, 0.3) is 5.91 Å². The van der Waals surface area contributed by atoms with Crippen molar-refractivity contribution in [1.82, 2.24) is 5.32 Å². The Morgan fingerprint density at radius 3 is 2.25 bits per heavy atom. The molecule has 0 aliphatic rings. The second-order valence-corrected chi connectivity index (χ2v) is 4.94. The van der Waals surface area contributed by atoms with Crippen LogP contribution in [0, 0.1) is 0 Å². The van der Waals surface area contributed by atoms with Crippen molar-refractivity contribution >= 4 is 5.91 Å². The quantitative estimate of drug-likeness (QED) is 0.904. The zero-order valence-electron chi connectivity index (χ0n) is 13.1. The minimum atomic E-state index is -4.53. The first-order valence-corrected chi connectivity index (χ1v) is 7.01. The predicted molar refractivity (Wildman–Crippen MR) is 82.2 cm³/mol. The van der Waals surface area contributed by atoms with Crippen LogP contribution in [0.1, 0.15) is 21.5 Å². The summed E-state index contributed by atoms with van der Waals surface area (Å²) < 4.78 is 48.4. The van der Waals surface area contributed by atoms with E-state index in [-0.39, 0.29) is 17.9 Å². The van der Waals surface area contributed by atoms with E-state index in [9.17, 15) is 18.0 Å². The SMILES string of the molecule is COc1ccc(CNC(=O)c2cc(C(F)(F)F)ccc2OC)cc1. The van der Waals surface area contributed by atoms with Gasteiger partial charge in [0.1, 0.15) is 11.5 Å². The number of halogens is 3. The van der Waals surface area contributed by atoms with Gasteiger partial charge in [0.15, 0.2) is 0 Å². The van der Waals surface area contributed by atoms with Crippen LogP contribution in [0.4, 0.5) is 13.2 Å². The Bertz CT molecular complexity index is 712. The number of methoxy groups -OCH3 is 2. The van der Waals surface area contributed by atoms with Crippen LogP contribution in [-0.4, -0.2) is 20.1 Å². The lowest BCUT2D eigenvalue weighted by Crippen LogP contribution is -2.24. The van der Waals surface area contributed by atoms with E-state index in [1.54, 1.807) is 24.3 Å². The van der Waals surface area contributed by atoms with E-state index in [2.05, 4.69) is 5.32 Å². The molecule has 0 bridgehead atoms. The Morgan fingerprint density at radius 2 is 1.71 bits per heavy atom. The highest BCUT2D eigenvalue weighted by Crippen LogP contribution is 2.32. The van der Waals surface area contributed by atoms with E-state index in [1.165, 1.54) is 14.2 Å². The van der Waals surface area contributed by atoms with Gasteiger partial charge in [-0.15, -0.1) is 0 Å². The third kappa shape index (κ3) is 4.18. The molecule has 4 nitrogen and oxygen atoms in total. The molecule has 0 aromatic heterocycles. The number of alkyl halides is 3. The lowest BCUT2D eigenvalue weighted by Gasteiger charge is -2.13. The molecule has 7 heteroatoms. The highest BCUT2D eigenvalue weighted by atomic mass is 19.4. The lowest BCUT2D eigenvalue weighted by atomic mass is 10.1. The Labute approximate surface area is 137 Å². The van der Waals surface area contributed by atoms with Crippen LogP contribution in [0.3, 0.4) is 0 Å². The zero-order valence-corrected chi connectivity index (χ0v) is 13.1. The monoisotopic (exact) mass is 339 g/mol. The molecule has 0 saturated heterocycles. The van der Waals surface area contributed by atoms with Crippen LogP contribution in [0.25, 0.3) is 0 Å². The Balaban J connectivity index is 2.15. The molecule has 0 aliphatic heterocycles. The van der Waals surface area contributed by atoms with Gasteiger partial charge < -0.3 is 14.8 Å². The van der Waals surface area contributed by atoms with Crippen LogP contribution in [-0.2, 0) is 12.7 Å². The van der Waals surface area contributed by atoms with Crippen molar-refractivity contribution in [3.05, 3.63) is 59.2 Å². The average molecular weight is 339 g/mol. The molecule has 1 amide bonds. The molecule has 2 aromatic rings. The molecule has 0 unspecified atom stereocenters. The summed E-state index contributed by atoms with van der Waals surface area (Å²) in [5.41, 5.74) is -0.283. The van der Waals surface area contributed by atoms with Crippen molar-refractivity contribution in [3.8, 4) is 11.5 Å². The molecule has 0 saturated carbocycles. The van der Waals surface area contributed by atoms with Crippen molar-refractivity contribution in [1.29, 1.82) is 0 Å². The van der Waals surface area contributed by atoms with Crippen LogP contribution in [0.5, 0.6) is 11.5 Å². The number of hydrogen-bond acceptors (Lipinski definition) is 3. The smallest absolute Gasteiger partial charge is 0.416 e. The number of carbonyl (C=O) groups is 1. The number of ether oxygens (including phenoxy) is 2. The van der Waals surface area contributed by atoms with Gasteiger partial charge in [-0.25, -0.2) is 0 Å². The van der Waals surface area contributed by atoms with E-state index < -0.39 is 17.6 Å². The standard InChI is InChI=1S/C17H16F3NO3/c1-23-13-6-3-11(4-7-13)10-21-16(22)14-9-12(17(18,19)20)5-8-15(14)24-2/h3-9H,10H2,1-2H3,(H,21,22). The molecular formula is C17H16F3NO3. The van der Waals surface area contributed by atoms with Gasteiger partial charge in [-0.3, -0.25) is 4.79 Å². The Kier molecular flexibility index (Phi) is 5.33. The van der Waals surface area contributed by atoms with Gasteiger partial charge >= 0.3 is 6.18 Å². The van der Waals surface area contributed by atoms with E-state index in [0.717, 1.165) is 23.8 Å². The van der Waals surface area contributed by atoms with Gasteiger partial charge in [-0.2, -0.15) is 13.2 Å². The third-order valence-electron chi connectivity index (χ3n) is 3.38. The maximum Gasteiger partial charge on any atom is 0.416 e. The van der Waals surface area contributed by atoms with Crippen LogP contribution >= 0.6 is 0 Å². The molecule has 0 atom stereocenters. The minimum Gasteiger partial charge on any atom is -0.497 e. The van der Waals surface area contributed by atoms with Crippen molar-refractivity contribution in [2.75, 3.05) is 14.2 Å². The Morgan fingerprint density at radius 1 is 1.04 bits per heavy atom. The van der Waals surface area contributed by atoms with Crippen LogP contribution in [0.2, 0.25) is 0 Å². The summed E-state index contributed by atoms with van der Waals surface area (Å²) in [5.74, 6) is 0.105. The maximum atomic E-state index is 12.8. The second kappa shape index (κ2) is 7.25. The topological polar surface area (TPSA) is 47.6 Å². The highest BCUT2D eigenvalue weighted by molar-refractivity contribution is 5.97. The fraction of sp³-hybridized carbons (Fsp3) is 0.235. The summed E-state index contributed by atoms with van der Waals surface area (Å²) in [4.78, 5) is 12.2. The summed E-state index contributed by atoms with van der Waals surface area (Å²) in [5, 5.41) is 2.58. The van der Waals surface area contributed by atoms with Gasteiger partial charge in [0, 0.05) is 6.54 Å². The summed E-state index contributed by atoms with van der Waals surface area (Å²) in [6.07, 6.45) is -4.53. The fourth-order valence-corrected chi connectivity index (χ4v) is 2.08. The molecular weight excluding hydrogens is 323 g/mol. The molecule has 0 fully saturated rings. The molecule has 128 valence electrons. The normalized spacial score (nSPS) is 11.0. The fourth-order valence-electron chi connectivity index (χ4n) is 2.08. The van der Waals surface area contributed by atoms with Crippen LogP contribution < -0.4 is 14.8 Å². The van der Waals surface area contributed by atoms with Gasteiger partial charge in [-0.05, 0) is 35.9 Å². The van der Waals surface area contributed by atoms with Gasteiger partial charge in [0.05, 0.1) is 25.3 Å². The molecule has 0 aliphatic carbocycles. The number of amides is 1. The molecule has 0 radical (unpaired) electrons. The van der Waals surface area contributed by atoms with Crippen LogP contribution in [0.15, 0.2) is 42.5 Å². The average Bonchev–Trinajstić information content (AvgIpc) is 2.58. The summed E-state index contributed by atoms with van der Waals surface area (Å²) in [7, 11) is 2.83. The first-order chi connectivity index (χ1) is 11.3. The highest BCUT2D eigenvalue weighted by Gasteiger charge is 2.32. The zero-order chi connectivity index (χ0) is 17.7. The molecule has 2 rings (SSSR count). The van der Waals surface area contributed by atoms with Crippen molar-refractivity contribution in [3.63, 3.8) is 0 Å². The van der Waals surface area contributed by atoms with Gasteiger partial charge in [-0.1, -0.05) is 12.1 Å². The van der Waals surface area contributed by atoms with Gasteiger partial charge in [0.2, 0.25) is 0 Å². The first-order valence-electron chi connectivity index (χ1n) is 7.01. The molecule has 0 spiro atoms. The van der Waals surface area contributed by atoms with Crippen molar-refractivity contribution < 1.29 is 27.4 Å². The third-order valence-corrected chi connectivity index (χ3v) is 3.38. The molecule has 0 heterocycles. The predicted octanol–water partition coefficient (Wildman–Crippen LogP) is 3.65. The van der Waals surface area contributed by atoms with Crippen molar-refractivity contribution in [2.24, 2.45) is 0 Å². The van der Waals surface area contributed by atoms with E-state index in [0.29, 0.717) is 5.75 Å². The van der Waals surface area contributed by atoms with E-state index in [4.69, 9.17) is 9.47 Å². The second-order valence-electron chi connectivity index (χ2n) is 4.94. The minimum absolute atomic E-state index is 0.0789. The molecule has 2 aromatic carbocycles. The first kappa shape index (κ1) is 17.7. The molecule has 1 N–H and O–H groups in total. The molecule has 24 heavy (non-hydrogen) atoms. The van der Waals surface area contributed by atoms with Crippen molar-refractivity contribution in [2.45, 2.75) is 12.7 Å². The number of nitrogens with one attached hydrogen (secondary N) is 1. The largest absolute Gasteiger partial charge is 0.497 e. The maximum absolute atomic E-state index is 12.8. The van der Waals surface area contributed by atoms with E-state index in [1.807, 2.05) is 0 Å².